The molecule has 3 N–H and O–H groups in total. The first-order chi connectivity index (χ1) is 9.84. The van der Waals surface area contributed by atoms with Crippen molar-refractivity contribution in [3.05, 3.63) is 46.9 Å². The van der Waals surface area contributed by atoms with E-state index < -0.39 is 0 Å². The Bertz CT molecular complexity index is 519. The minimum atomic E-state index is 0. The molecular formula is C14H19IN4OS. The van der Waals surface area contributed by atoms with Crippen LogP contribution in [0.1, 0.15) is 4.88 Å². The van der Waals surface area contributed by atoms with Crippen molar-refractivity contribution in [1.29, 1.82) is 0 Å². The third kappa shape index (κ3) is 7.28. The Morgan fingerprint density at radius 2 is 2.29 bits per heavy atom. The van der Waals surface area contributed by atoms with E-state index in [-0.39, 0.29) is 24.0 Å². The van der Waals surface area contributed by atoms with Crippen molar-refractivity contribution in [2.24, 2.45) is 10.7 Å². The molecule has 0 unspecified atom stereocenters. The average molecular weight is 418 g/mol. The molecule has 7 heteroatoms. The van der Waals surface area contributed by atoms with E-state index in [9.17, 15) is 0 Å². The van der Waals surface area contributed by atoms with Gasteiger partial charge in [0, 0.05) is 24.0 Å². The van der Waals surface area contributed by atoms with Crippen molar-refractivity contribution >= 4 is 41.3 Å². The largest absolute Gasteiger partial charge is 0.490 e. The fourth-order valence-electron chi connectivity index (χ4n) is 1.58. The lowest BCUT2D eigenvalue weighted by Crippen LogP contribution is -2.34. The average Bonchev–Trinajstić information content (AvgIpc) is 2.98. The Labute approximate surface area is 145 Å². The molecule has 0 spiro atoms. The topological polar surface area (TPSA) is 72.5 Å². The van der Waals surface area contributed by atoms with Crippen molar-refractivity contribution in [2.75, 3.05) is 19.7 Å². The van der Waals surface area contributed by atoms with Crippen LogP contribution in [-0.2, 0) is 6.42 Å². The number of guanidine groups is 1. The zero-order valence-electron chi connectivity index (χ0n) is 11.6. The predicted molar refractivity (Wildman–Crippen MR) is 97.7 cm³/mol. The lowest BCUT2D eigenvalue weighted by Gasteiger charge is -2.07. The highest BCUT2D eigenvalue weighted by molar-refractivity contribution is 14.0. The highest BCUT2D eigenvalue weighted by atomic mass is 127. The summed E-state index contributed by atoms with van der Waals surface area (Å²) in [6.45, 7) is 1.83. The van der Waals surface area contributed by atoms with E-state index in [1.54, 1.807) is 23.7 Å². The van der Waals surface area contributed by atoms with E-state index in [4.69, 9.17) is 10.5 Å². The van der Waals surface area contributed by atoms with Gasteiger partial charge in [-0.25, -0.2) is 0 Å². The highest BCUT2D eigenvalue weighted by Crippen LogP contribution is 2.08. The molecule has 2 rings (SSSR count). The second-order valence-corrected chi connectivity index (χ2v) is 5.09. The summed E-state index contributed by atoms with van der Waals surface area (Å²) in [6, 6.07) is 7.85. The van der Waals surface area contributed by atoms with Crippen LogP contribution in [0.3, 0.4) is 0 Å². The van der Waals surface area contributed by atoms with Crippen LogP contribution < -0.4 is 15.8 Å². The van der Waals surface area contributed by atoms with Crippen LogP contribution in [0, 0.1) is 0 Å². The van der Waals surface area contributed by atoms with Gasteiger partial charge in [0.1, 0.15) is 12.4 Å². The van der Waals surface area contributed by atoms with Crippen LogP contribution in [0.4, 0.5) is 0 Å². The molecule has 114 valence electrons. The van der Waals surface area contributed by atoms with Gasteiger partial charge in [-0.2, -0.15) is 0 Å². The van der Waals surface area contributed by atoms with Gasteiger partial charge in [0.2, 0.25) is 0 Å². The molecule has 2 aromatic rings. The summed E-state index contributed by atoms with van der Waals surface area (Å²) in [7, 11) is 0. The van der Waals surface area contributed by atoms with Crippen molar-refractivity contribution < 1.29 is 4.74 Å². The smallest absolute Gasteiger partial charge is 0.188 e. The molecule has 0 atom stereocenters. The van der Waals surface area contributed by atoms with Gasteiger partial charge in [-0.05, 0) is 23.6 Å². The van der Waals surface area contributed by atoms with Gasteiger partial charge in [0.05, 0.1) is 12.7 Å². The summed E-state index contributed by atoms with van der Waals surface area (Å²) in [5, 5.41) is 5.08. The highest BCUT2D eigenvalue weighted by Gasteiger charge is 1.95. The molecule has 2 aromatic heterocycles. The summed E-state index contributed by atoms with van der Waals surface area (Å²) in [5.41, 5.74) is 5.77. The van der Waals surface area contributed by atoms with Crippen LogP contribution in [0.5, 0.6) is 5.75 Å². The molecule has 0 aliphatic heterocycles. The minimum absolute atomic E-state index is 0. The van der Waals surface area contributed by atoms with Crippen molar-refractivity contribution in [3.8, 4) is 5.75 Å². The summed E-state index contributed by atoms with van der Waals surface area (Å²) in [4.78, 5) is 9.56. The van der Waals surface area contributed by atoms with Crippen molar-refractivity contribution in [3.63, 3.8) is 0 Å². The number of pyridine rings is 1. The number of nitrogens with one attached hydrogen (secondary N) is 1. The van der Waals surface area contributed by atoms with E-state index in [0.29, 0.717) is 25.7 Å². The Balaban J connectivity index is 0.00000220. The SMILES string of the molecule is I.NC(=NCCc1cccs1)NCCOc1cccnc1. The van der Waals surface area contributed by atoms with Crippen LogP contribution in [0.25, 0.3) is 0 Å². The Kier molecular flexibility index (Phi) is 8.76. The van der Waals surface area contributed by atoms with E-state index >= 15 is 0 Å². The van der Waals surface area contributed by atoms with Gasteiger partial charge >= 0.3 is 0 Å². The van der Waals surface area contributed by atoms with Gasteiger partial charge in [-0.1, -0.05) is 6.07 Å². The summed E-state index contributed by atoms with van der Waals surface area (Å²) < 4.78 is 5.49. The molecule has 0 radical (unpaired) electrons. The van der Waals surface area contributed by atoms with E-state index in [0.717, 1.165) is 12.2 Å². The maximum absolute atomic E-state index is 5.77. The number of hydrogen-bond donors (Lipinski definition) is 2. The Hall–Kier alpha value is -1.35. The monoisotopic (exact) mass is 418 g/mol. The minimum Gasteiger partial charge on any atom is -0.490 e. The number of hydrogen-bond acceptors (Lipinski definition) is 4. The molecule has 0 fully saturated rings. The molecule has 0 saturated carbocycles. The Morgan fingerprint density at radius 3 is 3.00 bits per heavy atom. The molecule has 0 amide bonds. The van der Waals surface area contributed by atoms with Gasteiger partial charge < -0.3 is 15.8 Å². The second-order valence-electron chi connectivity index (χ2n) is 4.06. The fourth-order valence-corrected chi connectivity index (χ4v) is 2.28. The van der Waals surface area contributed by atoms with E-state index in [2.05, 4.69) is 26.7 Å². The zero-order chi connectivity index (χ0) is 14.0. The maximum atomic E-state index is 5.77. The summed E-state index contributed by atoms with van der Waals surface area (Å²) in [5.74, 6) is 1.21. The zero-order valence-corrected chi connectivity index (χ0v) is 14.7. The standard InChI is InChI=1S/C14H18N4OS.HI/c15-14(17-7-5-13-4-2-10-20-13)18-8-9-19-12-3-1-6-16-11-12;/h1-4,6,10-11H,5,7-9H2,(H3,15,17,18);1H. The number of ether oxygens (including phenoxy) is 1. The van der Waals surface area contributed by atoms with Crippen molar-refractivity contribution in [2.45, 2.75) is 6.42 Å². The number of rotatable bonds is 7. The third-order valence-corrected chi connectivity index (χ3v) is 3.47. The summed E-state index contributed by atoms with van der Waals surface area (Å²) in [6.07, 6.45) is 4.31. The number of halogens is 1. The molecule has 0 bridgehead atoms. The third-order valence-electron chi connectivity index (χ3n) is 2.53. The van der Waals surface area contributed by atoms with Crippen LogP contribution >= 0.6 is 35.3 Å². The number of nitrogens with zero attached hydrogens (tertiary/aromatic N) is 2. The van der Waals surface area contributed by atoms with Gasteiger partial charge in [0.15, 0.2) is 5.96 Å². The first kappa shape index (κ1) is 17.7. The van der Waals surface area contributed by atoms with Crippen LogP contribution in [0.15, 0.2) is 47.0 Å². The number of aromatic nitrogens is 1. The van der Waals surface area contributed by atoms with Crippen molar-refractivity contribution in [1.82, 2.24) is 10.3 Å². The lowest BCUT2D eigenvalue weighted by molar-refractivity contribution is 0.321. The first-order valence-corrected chi connectivity index (χ1v) is 7.31. The second kappa shape index (κ2) is 10.4. The maximum Gasteiger partial charge on any atom is 0.188 e. The molecule has 5 nitrogen and oxygen atoms in total. The number of aliphatic imine (C=N–C) groups is 1. The van der Waals surface area contributed by atoms with E-state index in [1.807, 2.05) is 18.2 Å². The molecule has 0 aromatic carbocycles. The summed E-state index contributed by atoms with van der Waals surface area (Å²) >= 11 is 1.74. The van der Waals surface area contributed by atoms with Gasteiger partial charge in [0.25, 0.3) is 0 Å². The van der Waals surface area contributed by atoms with Crippen LogP contribution in [-0.4, -0.2) is 30.6 Å². The predicted octanol–water partition coefficient (Wildman–Crippen LogP) is 2.29. The number of nitrogens with two attached hydrogens (primary N) is 1. The van der Waals surface area contributed by atoms with E-state index in [1.165, 1.54) is 4.88 Å². The Morgan fingerprint density at radius 1 is 1.38 bits per heavy atom. The molecule has 21 heavy (non-hydrogen) atoms. The van der Waals surface area contributed by atoms with Gasteiger partial charge in [-0.3, -0.25) is 9.98 Å². The molecular weight excluding hydrogens is 399 g/mol. The normalized spacial score (nSPS) is 10.8. The van der Waals surface area contributed by atoms with Gasteiger partial charge in [-0.15, -0.1) is 35.3 Å². The molecule has 0 aliphatic carbocycles. The number of thiophene rings is 1. The lowest BCUT2D eigenvalue weighted by atomic mass is 10.3. The molecule has 0 aliphatic rings. The molecule has 0 saturated heterocycles. The first-order valence-electron chi connectivity index (χ1n) is 6.43. The fraction of sp³-hybridized carbons (Fsp3) is 0.286. The quantitative estimate of drug-likeness (QED) is 0.313. The van der Waals surface area contributed by atoms with Crippen LogP contribution in [0.2, 0.25) is 0 Å². The molecule has 2 heterocycles.